The molecule has 0 radical (unpaired) electrons. The van der Waals surface area contributed by atoms with Gasteiger partial charge in [0.1, 0.15) is 0 Å². The number of rotatable bonds is 5. The molecule has 2 rings (SSSR count). The quantitative estimate of drug-likeness (QED) is 0.710. The van der Waals surface area contributed by atoms with E-state index < -0.39 is 0 Å². The summed E-state index contributed by atoms with van der Waals surface area (Å²) in [5.74, 6) is 0. The third-order valence-corrected chi connectivity index (χ3v) is 4.04. The third-order valence-electron chi connectivity index (χ3n) is 4.04. The van der Waals surface area contributed by atoms with Crippen molar-refractivity contribution in [2.75, 3.05) is 4.90 Å². The molecule has 2 heteroatoms. The minimum absolute atomic E-state index is 0.0292. The van der Waals surface area contributed by atoms with Crippen molar-refractivity contribution in [3.63, 3.8) is 0 Å². The van der Waals surface area contributed by atoms with Gasteiger partial charge in [0, 0.05) is 5.69 Å². The first-order chi connectivity index (χ1) is 8.27. The van der Waals surface area contributed by atoms with E-state index in [9.17, 15) is 4.79 Å². The van der Waals surface area contributed by atoms with Crippen LogP contribution in [0.3, 0.4) is 0 Å². The van der Waals surface area contributed by atoms with E-state index >= 15 is 0 Å². The first-order valence-corrected chi connectivity index (χ1v) is 6.60. The molecule has 1 aromatic carbocycles. The van der Waals surface area contributed by atoms with Gasteiger partial charge in [0.25, 0.3) is 0 Å². The first-order valence-electron chi connectivity index (χ1n) is 6.60. The molecular weight excluding hydrogens is 210 g/mol. The van der Waals surface area contributed by atoms with Crippen molar-refractivity contribution in [2.45, 2.75) is 51.5 Å². The lowest BCUT2D eigenvalue weighted by Crippen LogP contribution is -2.45. The number of hydrogen-bond acceptors (Lipinski definition) is 1. The Morgan fingerprint density at radius 1 is 1.35 bits per heavy atom. The van der Waals surface area contributed by atoms with E-state index in [-0.39, 0.29) is 5.54 Å². The summed E-state index contributed by atoms with van der Waals surface area (Å²) in [6.45, 7) is 4.40. The van der Waals surface area contributed by atoms with Gasteiger partial charge < -0.3 is 4.90 Å². The number of fused-ring (bicyclic) bond motifs is 1. The largest absolute Gasteiger partial charge is 0.308 e. The third kappa shape index (κ3) is 1.97. The average molecular weight is 231 g/mol. The lowest BCUT2D eigenvalue weighted by molar-refractivity contribution is -0.108. The van der Waals surface area contributed by atoms with Gasteiger partial charge in [-0.25, -0.2) is 0 Å². The minimum atomic E-state index is 0.0292. The van der Waals surface area contributed by atoms with Crippen LogP contribution in [0, 0.1) is 0 Å². The fraction of sp³-hybridized carbons (Fsp3) is 0.533. The topological polar surface area (TPSA) is 20.3 Å². The number of para-hydroxylation sites is 1. The molecule has 1 aliphatic rings. The smallest absolute Gasteiger partial charge is 0.214 e. The van der Waals surface area contributed by atoms with Gasteiger partial charge in [-0.05, 0) is 30.9 Å². The molecule has 1 atom stereocenters. The summed E-state index contributed by atoms with van der Waals surface area (Å²) in [5, 5.41) is 0. The Bertz CT molecular complexity index is 402. The zero-order valence-corrected chi connectivity index (χ0v) is 10.8. The van der Waals surface area contributed by atoms with Crippen LogP contribution >= 0.6 is 0 Å². The van der Waals surface area contributed by atoms with Crippen LogP contribution in [0.5, 0.6) is 0 Å². The van der Waals surface area contributed by atoms with Gasteiger partial charge in [0.2, 0.25) is 6.41 Å². The predicted molar refractivity (Wildman–Crippen MR) is 71.2 cm³/mol. The van der Waals surface area contributed by atoms with Crippen molar-refractivity contribution in [3.8, 4) is 0 Å². The first kappa shape index (κ1) is 12.2. The van der Waals surface area contributed by atoms with Crippen molar-refractivity contribution < 1.29 is 4.79 Å². The molecule has 1 unspecified atom stereocenters. The Labute approximate surface area is 104 Å². The fourth-order valence-electron chi connectivity index (χ4n) is 2.95. The molecule has 0 bridgehead atoms. The second-order valence-electron chi connectivity index (χ2n) is 4.96. The van der Waals surface area contributed by atoms with Crippen LogP contribution in [0.1, 0.15) is 45.1 Å². The van der Waals surface area contributed by atoms with Crippen molar-refractivity contribution in [1.29, 1.82) is 0 Å². The van der Waals surface area contributed by atoms with E-state index in [4.69, 9.17) is 0 Å². The lowest BCUT2D eigenvalue weighted by atomic mass is 9.86. The Hall–Kier alpha value is -1.31. The molecule has 2 nitrogen and oxygen atoms in total. The van der Waals surface area contributed by atoms with Crippen LogP contribution in [0.25, 0.3) is 0 Å². The van der Waals surface area contributed by atoms with E-state index in [0.717, 1.165) is 31.4 Å². The van der Waals surface area contributed by atoms with Gasteiger partial charge in [-0.3, -0.25) is 4.79 Å². The zero-order valence-electron chi connectivity index (χ0n) is 10.8. The van der Waals surface area contributed by atoms with E-state index in [1.807, 2.05) is 11.0 Å². The van der Waals surface area contributed by atoms with E-state index in [1.54, 1.807) is 0 Å². The van der Waals surface area contributed by atoms with Crippen LogP contribution in [0.15, 0.2) is 24.3 Å². The molecule has 1 amide bonds. The molecule has 17 heavy (non-hydrogen) atoms. The van der Waals surface area contributed by atoms with E-state index in [1.165, 1.54) is 18.4 Å². The number of nitrogens with zero attached hydrogens (tertiary/aromatic N) is 1. The number of carbonyl (C=O) groups excluding carboxylic acids is 1. The molecule has 0 spiro atoms. The van der Waals surface area contributed by atoms with Crippen LogP contribution < -0.4 is 4.90 Å². The summed E-state index contributed by atoms with van der Waals surface area (Å²) >= 11 is 0. The van der Waals surface area contributed by atoms with Crippen LogP contribution in [-0.2, 0) is 11.2 Å². The van der Waals surface area contributed by atoms with Crippen molar-refractivity contribution in [1.82, 2.24) is 0 Å². The van der Waals surface area contributed by atoms with Gasteiger partial charge in [-0.1, -0.05) is 44.9 Å². The Morgan fingerprint density at radius 3 is 2.76 bits per heavy atom. The molecule has 92 valence electrons. The predicted octanol–water partition coefficient (Wildman–Crippen LogP) is 3.54. The molecule has 1 aromatic rings. The molecule has 0 aliphatic carbocycles. The van der Waals surface area contributed by atoms with Crippen molar-refractivity contribution in [3.05, 3.63) is 29.8 Å². The van der Waals surface area contributed by atoms with Gasteiger partial charge in [-0.2, -0.15) is 0 Å². The highest BCUT2D eigenvalue weighted by Crippen LogP contribution is 2.42. The van der Waals surface area contributed by atoms with Crippen molar-refractivity contribution in [2.24, 2.45) is 0 Å². The Kier molecular flexibility index (Phi) is 3.51. The standard InChI is InChI=1S/C15H21NO/c1-3-5-10-15(4-2)11-13-8-6-7-9-14(13)16(15)12-17/h6-9,12H,3-5,10-11H2,1-2H3. The summed E-state index contributed by atoms with van der Waals surface area (Å²) in [7, 11) is 0. The molecular formula is C15H21NO. The highest BCUT2D eigenvalue weighted by Gasteiger charge is 2.41. The summed E-state index contributed by atoms with van der Waals surface area (Å²) in [6, 6.07) is 8.29. The summed E-state index contributed by atoms with van der Waals surface area (Å²) in [4.78, 5) is 13.4. The normalized spacial score (nSPS) is 22.6. The van der Waals surface area contributed by atoms with Crippen LogP contribution in [0.4, 0.5) is 5.69 Å². The number of benzene rings is 1. The molecule has 0 fully saturated rings. The van der Waals surface area contributed by atoms with Gasteiger partial charge in [-0.15, -0.1) is 0 Å². The fourth-order valence-corrected chi connectivity index (χ4v) is 2.95. The average Bonchev–Trinajstić information content (AvgIpc) is 2.70. The summed E-state index contributed by atoms with van der Waals surface area (Å²) in [5.41, 5.74) is 2.46. The number of carbonyl (C=O) groups is 1. The number of hydrogen-bond donors (Lipinski definition) is 0. The molecule has 1 heterocycles. The second-order valence-corrected chi connectivity index (χ2v) is 4.96. The zero-order chi connectivity index (χ0) is 12.3. The molecule has 0 saturated carbocycles. The number of anilines is 1. The number of amides is 1. The maximum Gasteiger partial charge on any atom is 0.214 e. The number of unbranched alkanes of at least 4 members (excludes halogenated alkanes) is 1. The SMILES string of the molecule is CCCCC1(CC)Cc2ccccc2N1C=O. The van der Waals surface area contributed by atoms with Crippen molar-refractivity contribution >= 4 is 12.1 Å². The van der Waals surface area contributed by atoms with Gasteiger partial charge in [0.05, 0.1) is 5.54 Å². The monoisotopic (exact) mass is 231 g/mol. The summed E-state index contributed by atoms with van der Waals surface area (Å²) < 4.78 is 0. The highest BCUT2D eigenvalue weighted by molar-refractivity contribution is 5.82. The lowest BCUT2D eigenvalue weighted by Gasteiger charge is -2.35. The van der Waals surface area contributed by atoms with Crippen LogP contribution in [0.2, 0.25) is 0 Å². The Balaban J connectivity index is 2.34. The highest BCUT2D eigenvalue weighted by atomic mass is 16.1. The van der Waals surface area contributed by atoms with E-state index in [0.29, 0.717) is 0 Å². The van der Waals surface area contributed by atoms with Crippen LogP contribution in [-0.4, -0.2) is 11.9 Å². The molecule has 0 saturated heterocycles. The van der Waals surface area contributed by atoms with E-state index in [2.05, 4.69) is 32.0 Å². The molecule has 1 aliphatic heterocycles. The van der Waals surface area contributed by atoms with Gasteiger partial charge in [0.15, 0.2) is 0 Å². The molecule has 0 N–H and O–H groups in total. The summed E-state index contributed by atoms with van der Waals surface area (Å²) in [6.07, 6.45) is 6.54. The maximum absolute atomic E-state index is 11.4. The second kappa shape index (κ2) is 4.91. The minimum Gasteiger partial charge on any atom is -0.308 e. The van der Waals surface area contributed by atoms with Gasteiger partial charge >= 0.3 is 0 Å². The molecule has 0 aromatic heterocycles. The maximum atomic E-state index is 11.4. The Morgan fingerprint density at radius 2 is 2.12 bits per heavy atom.